The van der Waals surface area contributed by atoms with E-state index in [1.54, 1.807) is 0 Å². The molecule has 21 heavy (non-hydrogen) atoms. The maximum atomic E-state index is 14.3. The molecule has 114 valence electrons. The van der Waals surface area contributed by atoms with Crippen LogP contribution in [-0.4, -0.2) is 42.5 Å². The molecule has 2 aliphatic rings. The van der Waals surface area contributed by atoms with Crippen molar-refractivity contribution in [1.82, 2.24) is 10.2 Å². The maximum absolute atomic E-state index is 14.3. The highest BCUT2D eigenvalue weighted by Crippen LogP contribution is 2.51. The Balaban J connectivity index is 1.99. The molecular formula is C14H17F2N3O2. The molecule has 1 saturated heterocycles. The molecule has 0 aromatic heterocycles. The summed E-state index contributed by atoms with van der Waals surface area (Å²) in [7, 11) is 1.94. The minimum absolute atomic E-state index is 0.00710. The second kappa shape index (κ2) is 4.99. The minimum atomic E-state index is -3.00. The summed E-state index contributed by atoms with van der Waals surface area (Å²) in [6.07, 6.45) is -0.278. The zero-order chi connectivity index (χ0) is 15.2. The Bertz CT molecular complexity index is 579. The molecule has 5 nitrogen and oxygen atoms in total. The van der Waals surface area contributed by atoms with Crippen molar-refractivity contribution in [2.45, 2.75) is 24.3 Å². The van der Waals surface area contributed by atoms with Gasteiger partial charge in [-0.15, -0.1) is 0 Å². The first kappa shape index (κ1) is 14.3. The number of non-ortho nitro benzene ring substituents is 1. The first-order valence-electron chi connectivity index (χ1n) is 6.98. The summed E-state index contributed by atoms with van der Waals surface area (Å²) in [5.41, 5.74) is 0.0935. The summed E-state index contributed by atoms with van der Waals surface area (Å²) in [6.45, 7) is 2.33. The van der Waals surface area contributed by atoms with Crippen LogP contribution in [0.1, 0.15) is 23.5 Å². The molecule has 1 fully saturated rings. The molecule has 2 unspecified atom stereocenters. The predicted octanol–water partition coefficient (Wildman–Crippen LogP) is 2.08. The third-order valence-electron chi connectivity index (χ3n) is 4.54. The number of piperazine rings is 1. The van der Waals surface area contributed by atoms with Gasteiger partial charge in [0, 0.05) is 55.7 Å². The van der Waals surface area contributed by atoms with Crippen LogP contribution in [0.5, 0.6) is 0 Å². The van der Waals surface area contributed by atoms with Gasteiger partial charge < -0.3 is 10.2 Å². The summed E-state index contributed by atoms with van der Waals surface area (Å²) in [4.78, 5) is 12.3. The van der Waals surface area contributed by atoms with Crippen molar-refractivity contribution in [3.05, 3.63) is 39.4 Å². The third-order valence-corrected chi connectivity index (χ3v) is 4.54. The summed E-state index contributed by atoms with van der Waals surface area (Å²) >= 11 is 0. The van der Waals surface area contributed by atoms with E-state index in [4.69, 9.17) is 0 Å². The molecule has 1 N–H and O–H groups in total. The number of nitrogens with zero attached hydrogens (tertiary/aromatic N) is 2. The number of hydrogen-bond acceptors (Lipinski definition) is 4. The molecule has 1 aliphatic carbocycles. The average molecular weight is 297 g/mol. The number of benzene rings is 1. The SMILES string of the molecule is CN1CCNCC1C1CC(F)(F)c2cc([N+](=O)[O-])ccc21. The highest BCUT2D eigenvalue weighted by molar-refractivity contribution is 5.47. The zero-order valence-corrected chi connectivity index (χ0v) is 11.7. The predicted molar refractivity (Wildman–Crippen MR) is 73.6 cm³/mol. The summed E-state index contributed by atoms with van der Waals surface area (Å²) in [5, 5.41) is 14.0. The molecule has 0 bridgehead atoms. The molecule has 0 amide bonds. The van der Waals surface area contributed by atoms with E-state index >= 15 is 0 Å². The van der Waals surface area contributed by atoms with Gasteiger partial charge in [-0.25, -0.2) is 8.78 Å². The number of nitrogens with one attached hydrogen (secondary N) is 1. The van der Waals surface area contributed by atoms with Gasteiger partial charge in [-0.2, -0.15) is 0 Å². The molecule has 0 saturated carbocycles. The van der Waals surface area contributed by atoms with E-state index in [9.17, 15) is 18.9 Å². The number of halogens is 2. The lowest BCUT2D eigenvalue weighted by atomic mass is 9.91. The van der Waals surface area contributed by atoms with Crippen LogP contribution < -0.4 is 5.32 Å². The van der Waals surface area contributed by atoms with Crippen molar-refractivity contribution in [3.63, 3.8) is 0 Å². The largest absolute Gasteiger partial charge is 0.314 e. The maximum Gasteiger partial charge on any atom is 0.274 e. The first-order valence-corrected chi connectivity index (χ1v) is 6.98. The number of rotatable bonds is 2. The van der Waals surface area contributed by atoms with Crippen LogP contribution in [0.25, 0.3) is 0 Å². The molecule has 1 aromatic carbocycles. The Kier molecular flexibility index (Phi) is 3.41. The molecule has 0 radical (unpaired) electrons. The Labute approximate surface area is 121 Å². The highest BCUT2D eigenvalue weighted by atomic mass is 19.3. The van der Waals surface area contributed by atoms with Crippen molar-refractivity contribution in [3.8, 4) is 0 Å². The van der Waals surface area contributed by atoms with Gasteiger partial charge in [-0.1, -0.05) is 6.07 Å². The van der Waals surface area contributed by atoms with Gasteiger partial charge in [-0.05, 0) is 12.6 Å². The number of nitro groups is 1. The summed E-state index contributed by atoms with van der Waals surface area (Å²) < 4.78 is 28.5. The van der Waals surface area contributed by atoms with Crippen molar-refractivity contribution < 1.29 is 13.7 Å². The Morgan fingerprint density at radius 1 is 1.48 bits per heavy atom. The first-order chi connectivity index (χ1) is 9.90. The highest BCUT2D eigenvalue weighted by Gasteiger charge is 2.49. The van der Waals surface area contributed by atoms with E-state index in [0.717, 1.165) is 19.2 Å². The molecule has 1 aromatic rings. The molecule has 1 heterocycles. The van der Waals surface area contributed by atoms with Crippen molar-refractivity contribution in [2.24, 2.45) is 0 Å². The number of fused-ring (bicyclic) bond motifs is 1. The second-order valence-electron chi connectivity index (χ2n) is 5.80. The van der Waals surface area contributed by atoms with Gasteiger partial charge >= 0.3 is 0 Å². The lowest BCUT2D eigenvalue weighted by molar-refractivity contribution is -0.385. The van der Waals surface area contributed by atoms with Crippen molar-refractivity contribution in [1.29, 1.82) is 0 Å². The van der Waals surface area contributed by atoms with E-state index in [1.807, 2.05) is 7.05 Å². The smallest absolute Gasteiger partial charge is 0.274 e. The lowest BCUT2D eigenvalue weighted by Gasteiger charge is -2.37. The van der Waals surface area contributed by atoms with Crippen molar-refractivity contribution >= 4 is 5.69 Å². The van der Waals surface area contributed by atoms with Gasteiger partial charge in [0.2, 0.25) is 0 Å². The Morgan fingerprint density at radius 2 is 2.24 bits per heavy atom. The summed E-state index contributed by atoms with van der Waals surface area (Å²) in [6, 6.07) is 3.85. The van der Waals surface area contributed by atoms with E-state index < -0.39 is 10.8 Å². The fourth-order valence-corrected chi connectivity index (χ4v) is 3.41. The van der Waals surface area contributed by atoms with Gasteiger partial charge in [-0.3, -0.25) is 10.1 Å². The molecule has 2 atom stereocenters. The molecule has 1 aliphatic heterocycles. The van der Waals surface area contributed by atoms with Crippen LogP contribution in [0.3, 0.4) is 0 Å². The van der Waals surface area contributed by atoms with Crippen LogP contribution in [0, 0.1) is 10.1 Å². The quantitative estimate of drug-likeness (QED) is 0.671. The fraction of sp³-hybridized carbons (Fsp3) is 0.571. The normalized spacial score (nSPS) is 28.3. The monoisotopic (exact) mass is 297 g/mol. The van der Waals surface area contributed by atoms with Gasteiger partial charge in [0.1, 0.15) is 0 Å². The Morgan fingerprint density at radius 3 is 2.90 bits per heavy atom. The standard InChI is InChI=1S/C14H17F2N3O2/c1-18-5-4-17-8-13(18)11-7-14(15,16)12-6-9(19(20)21)2-3-10(11)12/h2-3,6,11,13,17H,4-5,7-8H2,1H3. The van der Waals surface area contributed by atoms with Crippen LogP contribution in [-0.2, 0) is 5.92 Å². The number of likely N-dealkylation sites (N-methyl/N-ethyl adjacent to an activating group) is 1. The van der Waals surface area contributed by atoms with Crippen LogP contribution in [0.2, 0.25) is 0 Å². The molecule has 3 rings (SSSR count). The number of hydrogen-bond donors (Lipinski definition) is 1. The topological polar surface area (TPSA) is 58.4 Å². The van der Waals surface area contributed by atoms with Crippen LogP contribution in [0.4, 0.5) is 14.5 Å². The average Bonchev–Trinajstić information content (AvgIpc) is 2.71. The van der Waals surface area contributed by atoms with Gasteiger partial charge in [0.05, 0.1) is 4.92 Å². The van der Waals surface area contributed by atoms with Crippen molar-refractivity contribution in [2.75, 3.05) is 26.7 Å². The van der Waals surface area contributed by atoms with Crippen LogP contribution in [0.15, 0.2) is 18.2 Å². The third kappa shape index (κ3) is 2.40. The van der Waals surface area contributed by atoms with E-state index in [1.165, 1.54) is 12.1 Å². The fourth-order valence-electron chi connectivity index (χ4n) is 3.41. The van der Waals surface area contributed by atoms with E-state index in [2.05, 4.69) is 10.2 Å². The van der Waals surface area contributed by atoms with Gasteiger partial charge in [0.25, 0.3) is 11.6 Å². The Hall–Kier alpha value is -1.60. The zero-order valence-electron chi connectivity index (χ0n) is 11.7. The lowest BCUT2D eigenvalue weighted by Crippen LogP contribution is -2.51. The van der Waals surface area contributed by atoms with E-state index in [0.29, 0.717) is 12.1 Å². The van der Waals surface area contributed by atoms with Crippen LogP contribution >= 0.6 is 0 Å². The van der Waals surface area contributed by atoms with Gasteiger partial charge in [0.15, 0.2) is 0 Å². The second-order valence-corrected chi connectivity index (χ2v) is 5.80. The molecule has 0 spiro atoms. The summed E-state index contributed by atoms with van der Waals surface area (Å²) in [5.74, 6) is -3.29. The molecule has 7 heteroatoms. The minimum Gasteiger partial charge on any atom is -0.314 e. The molecular weight excluding hydrogens is 280 g/mol. The number of alkyl halides is 2. The van der Waals surface area contributed by atoms with E-state index in [-0.39, 0.29) is 29.6 Å². The number of nitro benzene ring substituents is 1.